The van der Waals surface area contributed by atoms with Gasteiger partial charge in [-0.2, -0.15) is 5.26 Å². The van der Waals surface area contributed by atoms with Crippen LogP contribution in [0.1, 0.15) is 21.4 Å². The summed E-state index contributed by atoms with van der Waals surface area (Å²) in [5, 5.41) is 12.6. The Kier molecular flexibility index (Phi) is 5.23. The van der Waals surface area contributed by atoms with Gasteiger partial charge in [0.2, 0.25) is 0 Å². The summed E-state index contributed by atoms with van der Waals surface area (Å²) in [6, 6.07) is 10.4. The lowest BCUT2D eigenvalue weighted by Gasteiger charge is -2.34. The van der Waals surface area contributed by atoms with Gasteiger partial charge in [0.15, 0.2) is 0 Å². The number of ether oxygens (including phenoxy) is 1. The van der Waals surface area contributed by atoms with Crippen molar-refractivity contribution >= 4 is 17.2 Å². The van der Waals surface area contributed by atoms with Crippen LogP contribution in [-0.4, -0.2) is 42.7 Å². The van der Waals surface area contributed by atoms with Gasteiger partial charge >= 0.3 is 0 Å². The minimum absolute atomic E-state index is 0.270. The predicted molar refractivity (Wildman–Crippen MR) is 91.6 cm³/mol. The van der Waals surface area contributed by atoms with Crippen LogP contribution in [0.5, 0.6) is 0 Å². The van der Waals surface area contributed by atoms with Crippen LogP contribution in [-0.2, 0) is 4.74 Å². The number of pyridine rings is 1. The van der Waals surface area contributed by atoms with Crippen LogP contribution in [0.2, 0.25) is 0 Å². The molecule has 0 amide bonds. The zero-order valence-corrected chi connectivity index (χ0v) is 14.0. The fourth-order valence-electron chi connectivity index (χ4n) is 2.76. The molecule has 2 aromatic heterocycles. The molecular weight excluding hydrogens is 308 g/mol. The lowest BCUT2D eigenvalue weighted by Crippen LogP contribution is -2.41. The van der Waals surface area contributed by atoms with Crippen molar-refractivity contribution in [2.75, 3.05) is 38.2 Å². The van der Waals surface area contributed by atoms with Crippen LogP contribution in [0, 0.1) is 18.3 Å². The monoisotopic (exact) mass is 328 g/mol. The first-order valence-electron chi connectivity index (χ1n) is 7.75. The molecule has 0 aliphatic carbocycles. The zero-order valence-electron chi connectivity index (χ0n) is 13.2. The second kappa shape index (κ2) is 7.55. The molecule has 0 saturated carbocycles. The lowest BCUT2D eigenvalue weighted by atomic mass is 10.1. The second-order valence-electron chi connectivity index (χ2n) is 5.50. The van der Waals surface area contributed by atoms with E-state index in [1.807, 2.05) is 11.3 Å². The van der Waals surface area contributed by atoms with Gasteiger partial charge < -0.3 is 10.1 Å². The molecule has 3 heterocycles. The van der Waals surface area contributed by atoms with Gasteiger partial charge in [0.05, 0.1) is 24.8 Å². The highest BCUT2D eigenvalue weighted by Gasteiger charge is 2.24. The van der Waals surface area contributed by atoms with E-state index in [-0.39, 0.29) is 6.04 Å². The predicted octanol–water partition coefficient (Wildman–Crippen LogP) is 2.81. The van der Waals surface area contributed by atoms with E-state index in [9.17, 15) is 5.26 Å². The van der Waals surface area contributed by atoms with E-state index in [0.29, 0.717) is 11.4 Å². The van der Waals surface area contributed by atoms with Crippen LogP contribution in [0.3, 0.4) is 0 Å². The number of hydrogen-bond donors (Lipinski definition) is 1. The number of aryl methyl sites for hydroxylation is 1. The molecule has 1 N–H and O–H groups in total. The average molecular weight is 328 g/mol. The van der Waals surface area contributed by atoms with E-state index in [4.69, 9.17) is 4.74 Å². The number of anilines is 1. The first-order chi connectivity index (χ1) is 11.3. The average Bonchev–Trinajstić information content (AvgIpc) is 3.02. The van der Waals surface area contributed by atoms with Gasteiger partial charge in [-0.05, 0) is 31.2 Å². The third-order valence-corrected chi connectivity index (χ3v) is 5.07. The number of morpholine rings is 1. The smallest absolute Gasteiger partial charge is 0.143 e. The third kappa shape index (κ3) is 3.88. The Labute approximate surface area is 140 Å². The van der Waals surface area contributed by atoms with Gasteiger partial charge in [-0.3, -0.25) is 4.90 Å². The molecule has 3 rings (SSSR count). The van der Waals surface area contributed by atoms with Crippen molar-refractivity contribution < 1.29 is 4.74 Å². The summed E-state index contributed by atoms with van der Waals surface area (Å²) in [6.07, 6.45) is 1.71. The third-order valence-electron chi connectivity index (χ3n) is 3.97. The maximum Gasteiger partial charge on any atom is 0.143 e. The van der Waals surface area contributed by atoms with Crippen molar-refractivity contribution in [3.8, 4) is 6.07 Å². The summed E-state index contributed by atoms with van der Waals surface area (Å²) in [6.45, 7) is 6.26. The van der Waals surface area contributed by atoms with Gasteiger partial charge in [0.1, 0.15) is 11.9 Å². The van der Waals surface area contributed by atoms with E-state index in [0.717, 1.165) is 32.8 Å². The molecule has 23 heavy (non-hydrogen) atoms. The Morgan fingerprint density at radius 1 is 1.39 bits per heavy atom. The van der Waals surface area contributed by atoms with Crippen molar-refractivity contribution in [1.29, 1.82) is 5.26 Å². The van der Waals surface area contributed by atoms with Crippen LogP contribution in [0.25, 0.3) is 0 Å². The summed E-state index contributed by atoms with van der Waals surface area (Å²) in [7, 11) is 0. The summed E-state index contributed by atoms with van der Waals surface area (Å²) in [4.78, 5) is 9.39. The fraction of sp³-hybridized carbons (Fsp3) is 0.412. The van der Waals surface area contributed by atoms with Crippen molar-refractivity contribution in [1.82, 2.24) is 9.88 Å². The largest absolute Gasteiger partial charge is 0.379 e. The van der Waals surface area contributed by atoms with Crippen molar-refractivity contribution in [3.63, 3.8) is 0 Å². The number of nitrogens with one attached hydrogen (secondary N) is 1. The van der Waals surface area contributed by atoms with Crippen LogP contribution < -0.4 is 5.32 Å². The number of rotatable bonds is 5. The normalized spacial score (nSPS) is 16.7. The van der Waals surface area contributed by atoms with Gasteiger partial charge in [0, 0.05) is 35.6 Å². The van der Waals surface area contributed by atoms with Crippen molar-refractivity contribution in [2.45, 2.75) is 13.0 Å². The number of thiophene rings is 1. The molecule has 0 aromatic carbocycles. The Balaban J connectivity index is 1.77. The molecule has 2 aromatic rings. The molecule has 0 unspecified atom stereocenters. The maximum atomic E-state index is 9.20. The second-order valence-corrected chi connectivity index (χ2v) is 6.82. The van der Waals surface area contributed by atoms with Gasteiger partial charge in [-0.15, -0.1) is 11.3 Å². The molecule has 1 fully saturated rings. The quantitative estimate of drug-likeness (QED) is 0.914. The van der Waals surface area contributed by atoms with Gasteiger partial charge in [-0.1, -0.05) is 0 Å². The van der Waals surface area contributed by atoms with E-state index in [2.05, 4.69) is 40.3 Å². The molecule has 1 saturated heterocycles. The standard InChI is InChI=1S/C17H20N4OS/c1-13-4-5-16(23-13)15(21-7-9-22-10-8-21)12-20-17-14(11-18)3-2-6-19-17/h2-6,15H,7-10,12H2,1H3,(H,19,20)/t15-/m1/s1. The molecular formula is C17H20N4OS. The minimum atomic E-state index is 0.270. The topological polar surface area (TPSA) is 61.2 Å². The molecule has 0 spiro atoms. The molecule has 1 aliphatic heterocycles. The van der Waals surface area contributed by atoms with E-state index < -0.39 is 0 Å². The molecule has 5 nitrogen and oxygen atoms in total. The Hall–Kier alpha value is -1.94. The van der Waals surface area contributed by atoms with E-state index in [1.54, 1.807) is 18.3 Å². The van der Waals surface area contributed by atoms with E-state index in [1.165, 1.54) is 9.75 Å². The Morgan fingerprint density at radius 2 is 2.22 bits per heavy atom. The first kappa shape index (κ1) is 15.9. The maximum absolute atomic E-state index is 9.20. The fourth-order valence-corrected chi connectivity index (χ4v) is 3.77. The molecule has 0 radical (unpaired) electrons. The lowest BCUT2D eigenvalue weighted by molar-refractivity contribution is 0.0194. The summed E-state index contributed by atoms with van der Waals surface area (Å²) < 4.78 is 5.48. The Bertz CT molecular complexity index is 688. The molecule has 0 bridgehead atoms. The first-order valence-corrected chi connectivity index (χ1v) is 8.56. The SMILES string of the molecule is Cc1ccc([C@@H](CNc2ncccc2C#N)N2CCOCC2)s1. The minimum Gasteiger partial charge on any atom is -0.379 e. The van der Waals surface area contributed by atoms with Crippen molar-refractivity contribution in [3.05, 3.63) is 45.8 Å². The highest BCUT2D eigenvalue weighted by molar-refractivity contribution is 7.12. The van der Waals surface area contributed by atoms with Gasteiger partial charge in [0.25, 0.3) is 0 Å². The highest BCUT2D eigenvalue weighted by atomic mass is 32.1. The zero-order chi connectivity index (χ0) is 16.1. The van der Waals surface area contributed by atoms with Crippen LogP contribution in [0.4, 0.5) is 5.82 Å². The number of nitrogens with zero attached hydrogens (tertiary/aromatic N) is 3. The number of aromatic nitrogens is 1. The molecule has 120 valence electrons. The number of hydrogen-bond acceptors (Lipinski definition) is 6. The van der Waals surface area contributed by atoms with Crippen LogP contribution >= 0.6 is 11.3 Å². The summed E-state index contributed by atoms with van der Waals surface area (Å²) >= 11 is 1.83. The number of nitriles is 1. The van der Waals surface area contributed by atoms with Crippen LogP contribution in [0.15, 0.2) is 30.5 Å². The molecule has 1 aliphatic rings. The van der Waals surface area contributed by atoms with Crippen molar-refractivity contribution in [2.24, 2.45) is 0 Å². The molecule has 1 atom stereocenters. The summed E-state index contributed by atoms with van der Waals surface area (Å²) in [5.41, 5.74) is 0.579. The molecule has 6 heteroatoms. The van der Waals surface area contributed by atoms with Gasteiger partial charge in [-0.25, -0.2) is 4.98 Å². The van der Waals surface area contributed by atoms with E-state index >= 15 is 0 Å². The highest BCUT2D eigenvalue weighted by Crippen LogP contribution is 2.28. The summed E-state index contributed by atoms with van der Waals surface area (Å²) in [5.74, 6) is 0.654. The Morgan fingerprint density at radius 3 is 2.91 bits per heavy atom.